The molecule has 2 nitrogen and oxygen atoms in total. The van der Waals surface area contributed by atoms with Crippen LogP contribution in [0.5, 0.6) is 0 Å². The number of aryl methyl sites for hydroxylation is 1. The van der Waals surface area contributed by atoms with Gasteiger partial charge in [-0.2, -0.15) is 0 Å². The highest BCUT2D eigenvalue weighted by Crippen LogP contribution is 2.14. The maximum atomic E-state index is 9.09. The van der Waals surface area contributed by atoms with E-state index in [0.717, 1.165) is 0 Å². The van der Waals surface area contributed by atoms with E-state index in [4.69, 9.17) is 5.11 Å². The number of aliphatic hydroxyl groups is 1. The van der Waals surface area contributed by atoms with Crippen molar-refractivity contribution in [2.24, 2.45) is 7.05 Å². The average molecular weight is 179 g/mol. The normalized spacial score (nSPS) is 13.9. The number of aromatic nitrogens is 1. The third-order valence-corrected chi connectivity index (χ3v) is 2.37. The summed E-state index contributed by atoms with van der Waals surface area (Å²) >= 11 is 0. The van der Waals surface area contributed by atoms with Crippen LogP contribution in [-0.4, -0.2) is 15.8 Å². The van der Waals surface area contributed by atoms with Gasteiger partial charge in [-0.25, -0.2) is 0 Å². The van der Waals surface area contributed by atoms with E-state index < -0.39 is 0 Å². The summed E-state index contributed by atoms with van der Waals surface area (Å²) in [4.78, 5) is 0. The van der Waals surface area contributed by atoms with Crippen molar-refractivity contribution in [3.63, 3.8) is 0 Å². The van der Waals surface area contributed by atoms with Crippen LogP contribution < -0.4 is 0 Å². The molecule has 0 aliphatic carbocycles. The molecule has 13 heavy (non-hydrogen) atoms. The fraction of sp³-hybridized carbons (Fsp3) is 0.455. The number of rotatable bonds is 2. The minimum atomic E-state index is -0.375. The molecule has 0 aromatic carbocycles. The van der Waals surface area contributed by atoms with Gasteiger partial charge in [0.05, 0.1) is 6.10 Å². The van der Waals surface area contributed by atoms with E-state index in [1.807, 2.05) is 13.1 Å². The van der Waals surface area contributed by atoms with Crippen molar-refractivity contribution in [3.05, 3.63) is 29.1 Å². The van der Waals surface area contributed by atoms with E-state index in [9.17, 15) is 0 Å². The van der Waals surface area contributed by atoms with Gasteiger partial charge in [-0.1, -0.05) is 12.2 Å². The molecule has 1 atom stereocenters. The summed E-state index contributed by atoms with van der Waals surface area (Å²) in [6.45, 7) is 5.91. The molecular formula is C11H17NO. The van der Waals surface area contributed by atoms with Gasteiger partial charge in [-0.05, 0) is 32.4 Å². The molecule has 1 aromatic heterocycles. The second-order valence-electron chi connectivity index (χ2n) is 3.49. The van der Waals surface area contributed by atoms with Gasteiger partial charge in [0, 0.05) is 18.4 Å². The van der Waals surface area contributed by atoms with Gasteiger partial charge < -0.3 is 9.67 Å². The molecule has 2 heteroatoms. The molecule has 1 aromatic rings. The summed E-state index contributed by atoms with van der Waals surface area (Å²) in [7, 11) is 2.05. The Bertz CT molecular complexity index is 321. The van der Waals surface area contributed by atoms with Crippen molar-refractivity contribution in [3.8, 4) is 0 Å². The van der Waals surface area contributed by atoms with Gasteiger partial charge in [0.15, 0.2) is 0 Å². The molecule has 0 amide bonds. The molecule has 0 saturated carbocycles. The predicted octanol–water partition coefficient (Wildman–Crippen LogP) is 2.04. The molecule has 0 spiro atoms. The summed E-state index contributed by atoms with van der Waals surface area (Å²) in [5.41, 5.74) is 3.65. The van der Waals surface area contributed by atoms with Crippen LogP contribution in [0.15, 0.2) is 12.1 Å². The Labute approximate surface area is 79.5 Å². The van der Waals surface area contributed by atoms with Gasteiger partial charge >= 0.3 is 0 Å². The van der Waals surface area contributed by atoms with Gasteiger partial charge in [-0.3, -0.25) is 0 Å². The second kappa shape index (κ2) is 3.79. The molecule has 0 bridgehead atoms. The Morgan fingerprint density at radius 1 is 1.46 bits per heavy atom. The summed E-state index contributed by atoms with van der Waals surface area (Å²) in [5.74, 6) is 0. The largest absolute Gasteiger partial charge is 0.389 e. The standard InChI is InChI=1S/C11H17NO/c1-8-7-11(6-5-9(2)13)10(3)12(8)4/h5-7,9,13H,1-4H3/b6-5+. The maximum Gasteiger partial charge on any atom is 0.0696 e. The highest BCUT2D eigenvalue weighted by molar-refractivity contribution is 5.54. The molecule has 1 unspecified atom stereocenters. The van der Waals surface area contributed by atoms with Crippen molar-refractivity contribution in [1.29, 1.82) is 0 Å². The zero-order valence-corrected chi connectivity index (χ0v) is 8.70. The van der Waals surface area contributed by atoms with E-state index in [2.05, 4.69) is 24.5 Å². The lowest BCUT2D eigenvalue weighted by atomic mass is 10.2. The van der Waals surface area contributed by atoms with Crippen LogP contribution in [-0.2, 0) is 7.05 Å². The van der Waals surface area contributed by atoms with Crippen LogP contribution >= 0.6 is 0 Å². The average Bonchev–Trinajstić information content (AvgIpc) is 2.29. The number of aliphatic hydroxyl groups excluding tert-OH is 1. The second-order valence-corrected chi connectivity index (χ2v) is 3.49. The summed E-state index contributed by atoms with van der Waals surface area (Å²) < 4.78 is 2.14. The zero-order valence-electron chi connectivity index (χ0n) is 8.70. The first-order valence-electron chi connectivity index (χ1n) is 4.51. The molecule has 1 N–H and O–H groups in total. The SMILES string of the molecule is Cc1cc(/C=C/C(C)O)c(C)n1C. The van der Waals surface area contributed by atoms with Crippen LogP contribution in [0.2, 0.25) is 0 Å². The van der Waals surface area contributed by atoms with Crippen molar-refractivity contribution < 1.29 is 5.11 Å². The lowest BCUT2D eigenvalue weighted by Crippen LogP contribution is -1.93. The highest BCUT2D eigenvalue weighted by Gasteiger charge is 2.02. The van der Waals surface area contributed by atoms with Crippen LogP contribution in [0.4, 0.5) is 0 Å². The molecule has 1 rings (SSSR count). The first-order chi connectivity index (χ1) is 6.02. The smallest absolute Gasteiger partial charge is 0.0696 e. The molecule has 0 aliphatic heterocycles. The highest BCUT2D eigenvalue weighted by atomic mass is 16.3. The van der Waals surface area contributed by atoms with Crippen molar-refractivity contribution in [2.75, 3.05) is 0 Å². The van der Waals surface area contributed by atoms with E-state index in [1.54, 1.807) is 13.0 Å². The molecule has 1 heterocycles. The van der Waals surface area contributed by atoms with E-state index in [1.165, 1.54) is 17.0 Å². The fourth-order valence-electron chi connectivity index (χ4n) is 1.30. The lowest BCUT2D eigenvalue weighted by molar-refractivity contribution is 0.245. The Morgan fingerprint density at radius 3 is 2.46 bits per heavy atom. The maximum absolute atomic E-state index is 9.09. The van der Waals surface area contributed by atoms with Crippen LogP contribution in [0.3, 0.4) is 0 Å². The van der Waals surface area contributed by atoms with Crippen LogP contribution in [0.1, 0.15) is 23.9 Å². The quantitative estimate of drug-likeness (QED) is 0.738. The molecule has 0 radical (unpaired) electrons. The van der Waals surface area contributed by atoms with Crippen molar-refractivity contribution >= 4 is 6.08 Å². The minimum absolute atomic E-state index is 0.375. The first kappa shape index (κ1) is 10.1. The van der Waals surface area contributed by atoms with Crippen molar-refractivity contribution in [2.45, 2.75) is 26.9 Å². The monoisotopic (exact) mass is 179 g/mol. The molecule has 72 valence electrons. The van der Waals surface area contributed by atoms with Gasteiger partial charge in [0.25, 0.3) is 0 Å². The Balaban J connectivity index is 2.96. The topological polar surface area (TPSA) is 25.2 Å². The molecular weight excluding hydrogens is 162 g/mol. The Hall–Kier alpha value is -1.02. The van der Waals surface area contributed by atoms with Gasteiger partial charge in [0.2, 0.25) is 0 Å². The number of hydrogen-bond donors (Lipinski definition) is 1. The third-order valence-electron chi connectivity index (χ3n) is 2.37. The summed E-state index contributed by atoms with van der Waals surface area (Å²) in [6, 6.07) is 2.12. The number of nitrogens with zero attached hydrogens (tertiary/aromatic N) is 1. The fourth-order valence-corrected chi connectivity index (χ4v) is 1.30. The third kappa shape index (κ3) is 2.22. The van der Waals surface area contributed by atoms with Gasteiger partial charge in [0.1, 0.15) is 0 Å². The molecule has 0 fully saturated rings. The van der Waals surface area contributed by atoms with Crippen LogP contribution in [0, 0.1) is 13.8 Å². The summed E-state index contributed by atoms with van der Waals surface area (Å²) in [5, 5.41) is 9.09. The molecule has 0 saturated heterocycles. The van der Waals surface area contributed by atoms with E-state index in [-0.39, 0.29) is 6.10 Å². The van der Waals surface area contributed by atoms with E-state index >= 15 is 0 Å². The number of hydrogen-bond acceptors (Lipinski definition) is 1. The summed E-state index contributed by atoms with van der Waals surface area (Å²) in [6.07, 6.45) is 3.38. The Morgan fingerprint density at radius 2 is 2.08 bits per heavy atom. The van der Waals surface area contributed by atoms with E-state index in [0.29, 0.717) is 0 Å². The molecule has 0 aliphatic rings. The Kier molecular flexibility index (Phi) is 2.94. The van der Waals surface area contributed by atoms with Gasteiger partial charge in [-0.15, -0.1) is 0 Å². The minimum Gasteiger partial charge on any atom is -0.389 e. The van der Waals surface area contributed by atoms with Crippen LogP contribution in [0.25, 0.3) is 6.08 Å². The van der Waals surface area contributed by atoms with Crippen molar-refractivity contribution in [1.82, 2.24) is 4.57 Å². The zero-order chi connectivity index (χ0) is 10.0. The first-order valence-corrected chi connectivity index (χ1v) is 4.51. The predicted molar refractivity (Wildman–Crippen MR) is 55.6 cm³/mol. The lowest BCUT2D eigenvalue weighted by Gasteiger charge is -1.99.